The van der Waals surface area contributed by atoms with Crippen molar-refractivity contribution in [3.05, 3.63) is 78.6 Å². The highest BCUT2D eigenvalue weighted by atomic mass is 32.5. The molecule has 1 aromatic heterocycles. The molecule has 0 aliphatic heterocycles. The average molecular weight is 482 g/mol. The monoisotopic (exact) mass is 482 g/mol. The lowest BCUT2D eigenvalue weighted by atomic mass is 10.0. The van der Waals surface area contributed by atoms with Crippen molar-refractivity contribution in [3.63, 3.8) is 0 Å². The minimum Gasteiger partial charge on any atom is -0.497 e. The molecule has 1 heterocycles. The molecule has 4 rings (SSSR count). The van der Waals surface area contributed by atoms with E-state index in [1.165, 1.54) is 38.5 Å². The molecule has 0 aliphatic carbocycles. The number of nitrogens with zero attached hydrogens (tertiary/aromatic N) is 1. The Hall–Kier alpha value is -3.53. The topological polar surface area (TPSA) is 47.1 Å². The first kappa shape index (κ1) is 22.7. The smallest absolute Gasteiger partial charge is 0.240 e. The predicted molar refractivity (Wildman–Crippen MR) is 118 cm³/mol. The summed E-state index contributed by atoms with van der Waals surface area (Å²) in [5, 5.41) is -1.89. The van der Waals surface area contributed by atoms with E-state index < -0.39 is 25.7 Å². The summed E-state index contributed by atoms with van der Waals surface area (Å²) in [6, 6.07) is 15.1. The molecule has 0 fully saturated rings. The molecule has 0 aliphatic rings. The molecule has 0 saturated carbocycles. The molecule has 1 N–H and O–H groups in total. The van der Waals surface area contributed by atoms with Crippen LogP contribution < -0.4 is 9.47 Å². The van der Waals surface area contributed by atoms with Gasteiger partial charge in [-0.2, -0.15) is 0 Å². The van der Waals surface area contributed by atoms with Crippen LogP contribution >= 0.6 is 9.84 Å². The summed E-state index contributed by atoms with van der Waals surface area (Å²) in [5.41, 5.74) is 0.364. The van der Waals surface area contributed by atoms with Crippen LogP contribution in [-0.2, 0) is 0 Å². The lowest BCUT2D eigenvalue weighted by molar-refractivity contribution is 0.414. The molecular formula is C23H19F5N2O2S. The third kappa shape index (κ3) is 3.91. The molecule has 0 saturated heterocycles. The standard InChI is InChI=1S/C23H19F5N2O2S/c1-31-17-11-7-15(8-12-17)21-22(16-9-13-18(32-2)14-10-16)30-23(29-21)33(25,26,27,28)20-6-4-3-5-19(20)24/h3-14H,1-2H3,(H,29,30). The van der Waals surface area contributed by atoms with Gasteiger partial charge in [0, 0.05) is 11.1 Å². The summed E-state index contributed by atoms with van der Waals surface area (Å²) in [6.45, 7) is 0. The first-order valence-corrected chi connectivity index (χ1v) is 11.7. The lowest BCUT2D eigenvalue weighted by Crippen LogP contribution is -2.18. The van der Waals surface area contributed by atoms with Crippen molar-refractivity contribution in [1.82, 2.24) is 9.97 Å². The molecular weight excluding hydrogens is 463 g/mol. The Kier molecular flexibility index (Phi) is 4.97. The van der Waals surface area contributed by atoms with Crippen molar-refractivity contribution < 1.29 is 29.4 Å². The molecule has 0 atom stereocenters. The lowest BCUT2D eigenvalue weighted by Gasteiger charge is -2.47. The van der Waals surface area contributed by atoms with Crippen LogP contribution in [0.4, 0.5) is 19.9 Å². The number of ether oxygens (including phenoxy) is 2. The fraction of sp³-hybridized carbons (Fsp3) is 0.0870. The Morgan fingerprint density at radius 1 is 0.727 bits per heavy atom. The van der Waals surface area contributed by atoms with E-state index in [0.29, 0.717) is 29.2 Å². The van der Waals surface area contributed by atoms with Gasteiger partial charge in [-0.1, -0.05) is 12.1 Å². The molecule has 0 unspecified atom stereocenters. The third-order valence-electron chi connectivity index (χ3n) is 5.09. The normalized spacial score (nSPS) is 13.8. The first-order chi connectivity index (χ1) is 15.5. The summed E-state index contributed by atoms with van der Waals surface area (Å²) < 4.78 is 86.0. The van der Waals surface area contributed by atoms with Gasteiger partial charge in [0.1, 0.15) is 22.2 Å². The van der Waals surface area contributed by atoms with Crippen LogP contribution in [0.25, 0.3) is 22.5 Å². The highest BCUT2D eigenvalue weighted by Crippen LogP contribution is 3.04. The van der Waals surface area contributed by atoms with Crippen LogP contribution in [0.1, 0.15) is 0 Å². The zero-order chi connectivity index (χ0) is 23.9. The van der Waals surface area contributed by atoms with E-state index in [-0.39, 0.29) is 17.0 Å². The molecule has 4 nitrogen and oxygen atoms in total. The first-order valence-electron chi connectivity index (χ1n) is 9.61. The second-order valence-corrected chi connectivity index (χ2v) is 10.2. The van der Waals surface area contributed by atoms with Crippen molar-refractivity contribution in [2.45, 2.75) is 10.1 Å². The summed E-state index contributed by atoms with van der Waals surface area (Å²) >= 11 is 0. The predicted octanol–water partition coefficient (Wildman–Crippen LogP) is 7.73. The van der Waals surface area contributed by atoms with Gasteiger partial charge < -0.3 is 14.5 Å². The maximum Gasteiger partial charge on any atom is 0.240 e. The number of rotatable bonds is 6. The Labute approximate surface area is 186 Å². The summed E-state index contributed by atoms with van der Waals surface area (Å²) in [6.07, 6.45) is 0. The van der Waals surface area contributed by atoms with Gasteiger partial charge in [0.2, 0.25) is 15.0 Å². The van der Waals surface area contributed by atoms with Crippen LogP contribution in [-0.4, -0.2) is 24.2 Å². The number of hydrogen-bond acceptors (Lipinski definition) is 3. The maximum atomic E-state index is 15.4. The zero-order valence-electron chi connectivity index (χ0n) is 17.5. The Balaban J connectivity index is 1.99. The Morgan fingerprint density at radius 2 is 1.24 bits per heavy atom. The van der Waals surface area contributed by atoms with Gasteiger partial charge >= 0.3 is 0 Å². The van der Waals surface area contributed by atoms with Gasteiger partial charge in [-0.05, 0) is 60.7 Å². The van der Waals surface area contributed by atoms with Crippen molar-refractivity contribution in [2.75, 3.05) is 14.2 Å². The van der Waals surface area contributed by atoms with Crippen LogP contribution in [0.15, 0.2) is 82.8 Å². The third-order valence-corrected chi connectivity index (χ3v) is 7.28. The average Bonchev–Trinajstić information content (AvgIpc) is 3.26. The van der Waals surface area contributed by atoms with Crippen molar-refractivity contribution >= 4 is 9.84 Å². The van der Waals surface area contributed by atoms with E-state index in [0.717, 1.165) is 12.1 Å². The summed E-state index contributed by atoms with van der Waals surface area (Å²) in [7, 11) is -6.46. The molecule has 10 heteroatoms. The molecule has 174 valence electrons. The second-order valence-electron chi connectivity index (χ2n) is 7.22. The number of hydrogen-bond donors (Lipinski definition) is 1. The Bertz CT molecular complexity index is 1250. The van der Waals surface area contributed by atoms with Gasteiger partial charge in [-0.15, -0.1) is 15.5 Å². The quantitative estimate of drug-likeness (QED) is 0.286. The number of halogens is 5. The SMILES string of the molecule is COc1ccc(-c2nc(S(F)(F)(F)(F)c3ccccc3F)[nH]c2-c2ccc(OC)cc2)cc1. The second kappa shape index (κ2) is 7.24. The minimum absolute atomic E-state index is 0.0789. The molecule has 33 heavy (non-hydrogen) atoms. The number of aromatic amines is 1. The van der Waals surface area contributed by atoms with E-state index in [4.69, 9.17) is 9.47 Å². The maximum absolute atomic E-state index is 15.4. The highest BCUT2D eigenvalue weighted by Gasteiger charge is 2.70. The van der Waals surface area contributed by atoms with Gasteiger partial charge in [0.25, 0.3) is 0 Å². The molecule has 0 spiro atoms. The molecule has 4 aromatic rings. The molecule has 0 radical (unpaired) electrons. The van der Waals surface area contributed by atoms with Crippen LogP contribution in [0, 0.1) is 5.82 Å². The number of imidazole rings is 1. The van der Waals surface area contributed by atoms with E-state index >= 15 is 15.5 Å². The van der Waals surface area contributed by atoms with Crippen LogP contribution in [0.2, 0.25) is 0 Å². The largest absolute Gasteiger partial charge is 0.497 e. The number of H-pyrrole nitrogens is 1. The highest BCUT2D eigenvalue weighted by molar-refractivity contribution is 8.49. The van der Waals surface area contributed by atoms with Gasteiger partial charge in [0.15, 0.2) is 0 Å². The number of methoxy groups -OCH3 is 2. The van der Waals surface area contributed by atoms with Crippen molar-refractivity contribution in [3.8, 4) is 34.0 Å². The molecule has 0 amide bonds. The van der Waals surface area contributed by atoms with Gasteiger partial charge in [0.05, 0.1) is 25.6 Å². The fourth-order valence-corrected chi connectivity index (χ4v) is 4.96. The number of nitrogens with one attached hydrogen (secondary N) is 1. The van der Waals surface area contributed by atoms with Crippen LogP contribution in [0.3, 0.4) is 0 Å². The zero-order valence-corrected chi connectivity index (χ0v) is 18.3. The van der Waals surface area contributed by atoms with Crippen molar-refractivity contribution in [2.24, 2.45) is 0 Å². The number of aromatic nitrogens is 2. The van der Waals surface area contributed by atoms with Crippen molar-refractivity contribution in [1.29, 1.82) is 0 Å². The summed E-state index contributed by atoms with van der Waals surface area (Å²) in [4.78, 5) is 3.77. The Morgan fingerprint density at radius 3 is 1.76 bits per heavy atom. The number of benzene rings is 3. The van der Waals surface area contributed by atoms with E-state index in [2.05, 4.69) is 9.97 Å². The summed E-state index contributed by atoms with van der Waals surface area (Å²) in [5.74, 6) is -0.755. The van der Waals surface area contributed by atoms with Gasteiger partial charge in [-0.25, -0.2) is 9.37 Å². The van der Waals surface area contributed by atoms with E-state index in [1.54, 1.807) is 24.3 Å². The fourth-order valence-electron chi connectivity index (χ4n) is 3.35. The van der Waals surface area contributed by atoms with E-state index in [9.17, 15) is 4.39 Å². The van der Waals surface area contributed by atoms with Crippen LogP contribution in [0.5, 0.6) is 11.5 Å². The molecule has 3 aromatic carbocycles. The van der Waals surface area contributed by atoms with Gasteiger partial charge in [-0.3, -0.25) is 0 Å². The molecule has 0 bridgehead atoms. The van der Waals surface area contributed by atoms with E-state index in [1.807, 2.05) is 0 Å². The minimum atomic E-state index is -9.36.